The molecule has 3 heteroatoms. The zero-order valence-electron chi connectivity index (χ0n) is 11.4. The molecule has 0 aromatic heterocycles. The molecule has 1 nitrogen and oxygen atoms in total. The molecule has 0 aromatic rings. The molecule has 0 amide bonds. The summed E-state index contributed by atoms with van der Waals surface area (Å²) in [4.78, 5) is 0. The van der Waals surface area contributed by atoms with Crippen molar-refractivity contribution in [2.45, 2.75) is 79.8 Å². The van der Waals surface area contributed by atoms with Gasteiger partial charge in [-0.3, -0.25) is 0 Å². The summed E-state index contributed by atoms with van der Waals surface area (Å²) in [6, 6.07) is 0. The zero-order chi connectivity index (χ0) is 11.1. The standard InChI is InChI=1S/C4H10O.2C4H10.ClH.Sn/c1-3-4(2)5;2*1-3-4-2;;/h4-5H,3H2,1-2H3;2*3-4H2,1-2H3;1H;/p-1. The van der Waals surface area contributed by atoms with Gasteiger partial charge in [-0.1, -0.05) is 60.3 Å². The smallest absolute Gasteiger partial charge is 0.0509 e. The van der Waals surface area contributed by atoms with Crippen LogP contribution >= 0.6 is 0 Å². The maximum Gasteiger partial charge on any atom is 0.0509 e. The second kappa shape index (κ2) is 36.3. The van der Waals surface area contributed by atoms with Gasteiger partial charge in [0.15, 0.2) is 0 Å². The van der Waals surface area contributed by atoms with Crippen molar-refractivity contribution in [3.05, 3.63) is 0 Å². The molecule has 0 bridgehead atoms. The van der Waals surface area contributed by atoms with Crippen LogP contribution in [-0.2, 0) is 0 Å². The molecule has 0 aromatic carbocycles. The van der Waals surface area contributed by atoms with E-state index in [1.54, 1.807) is 6.92 Å². The number of rotatable bonds is 3. The third kappa shape index (κ3) is 101. The van der Waals surface area contributed by atoms with E-state index in [-0.39, 0.29) is 42.4 Å². The minimum Gasteiger partial charge on any atom is -1.00 e. The number of aliphatic hydroxyl groups excluding tert-OH is 1. The monoisotopic (exact) mass is 345 g/mol. The van der Waals surface area contributed by atoms with Crippen molar-refractivity contribution >= 4 is 23.9 Å². The van der Waals surface area contributed by atoms with Gasteiger partial charge in [0.1, 0.15) is 0 Å². The molecule has 0 saturated heterocycles. The fourth-order valence-corrected chi connectivity index (χ4v) is 0. The van der Waals surface area contributed by atoms with E-state index in [0.717, 1.165) is 6.42 Å². The second-order valence-electron chi connectivity index (χ2n) is 3.26. The topological polar surface area (TPSA) is 20.2 Å². The van der Waals surface area contributed by atoms with Crippen molar-refractivity contribution in [3.8, 4) is 0 Å². The fourth-order valence-electron chi connectivity index (χ4n) is 0. The van der Waals surface area contributed by atoms with E-state index in [4.69, 9.17) is 5.11 Å². The van der Waals surface area contributed by atoms with Gasteiger partial charge in [0, 0.05) is 23.9 Å². The van der Waals surface area contributed by atoms with E-state index in [9.17, 15) is 0 Å². The van der Waals surface area contributed by atoms with Crippen LogP contribution in [-0.4, -0.2) is 35.1 Å². The quantitative estimate of drug-likeness (QED) is 0.758. The van der Waals surface area contributed by atoms with Gasteiger partial charge in [0.05, 0.1) is 6.10 Å². The Morgan fingerprint density at radius 3 is 0.933 bits per heavy atom. The number of hydrogen-bond donors (Lipinski definition) is 1. The molecule has 0 heterocycles. The summed E-state index contributed by atoms with van der Waals surface area (Å²) < 4.78 is 0. The van der Waals surface area contributed by atoms with E-state index in [1.807, 2.05) is 6.92 Å². The molecule has 15 heavy (non-hydrogen) atoms. The molecule has 0 aliphatic rings. The Hall–Kier alpha value is 1.05. The van der Waals surface area contributed by atoms with Crippen LogP contribution in [0.1, 0.15) is 73.6 Å². The molecule has 0 fully saturated rings. The van der Waals surface area contributed by atoms with E-state index >= 15 is 0 Å². The Morgan fingerprint density at radius 1 is 0.800 bits per heavy atom. The Morgan fingerprint density at radius 2 is 0.933 bits per heavy atom. The summed E-state index contributed by atoms with van der Waals surface area (Å²) in [5.74, 6) is 0. The summed E-state index contributed by atoms with van der Waals surface area (Å²) >= 11 is 0. The molecule has 0 aliphatic carbocycles. The predicted molar refractivity (Wildman–Crippen MR) is 68.9 cm³/mol. The van der Waals surface area contributed by atoms with Crippen LogP contribution in [0, 0.1) is 0 Å². The number of halogens is 1. The molecule has 4 radical (unpaired) electrons. The minimum absolute atomic E-state index is 0. The van der Waals surface area contributed by atoms with Gasteiger partial charge in [-0.2, -0.15) is 0 Å². The largest absolute Gasteiger partial charge is 1.00 e. The van der Waals surface area contributed by atoms with Crippen LogP contribution in [0.4, 0.5) is 0 Å². The van der Waals surface area contributed by atoms with Crippen LogP contribution in [0.15, 0.2) is 0 Å². The Balaban J connectivity index is -0.0000000315. The molecule has 1 unspecified atom stereocenters. The van der Waals surface area contributed by atoms with Crippen molar-refractivity contribution in [2.24, 2.45) is 0 Å². The van der Waals surface area contributed by atoms with Crippen molar-refractivity contribution in [3.63, 3.8) is 0 Å². The second-order valence-corrected chi connectivity index (χ2v) is 3.26. The van der Waals surface area contributed by atoms with Gasteiger partial charge in [0.2, 0.25) is 0 Å². The normalized spacial score (nSPS) is 9.00. The molecular formula is C12H30ClOSn-. The molecule has 0 aliphatic heterocycles. The van der Waals surface area contributed by atoms with Gasteiger partial charge >= 0.3 is 0 Å². The first-order chi connectivity index (χ1) is 6.10. The maximum atomic E-state index is 8.36. The Labute approximate surface area is 121 Å². The Kier molecular flexibility index (Phi) is 72.0. The van der Waals surface area contributed by atoms with E-state index in [2.05, 4.69) is 27.7 Å². The van der Waals surface area contributed by atoms with Gasteiger partial charge in [0.25, 0.3) is 0 Å². The molecule has 0 rings (SSSR count). The summed E-state index contributed by atoms with van der Waals surface area (Å²) in [7, 11) is 0. The third-order valence-corrected chi connectivity index (χ3v) is 1.59. The molecular weight excluding hydrogens is 314 g/mol. The average Bonchev–Trinajstić information content (AvgIpc) is 2.18. The molecule has 1 N–H and O–H groups in total. The molecule has 96 valence electrons. The number of unbranched alkanes of at least 4 members (excludes halogenated alkanes) is 2. The Bertz CT molecular complexity index is 53.6. The summed E-state index contributed by atoms with van der Waals surface area (Å²) in [6.45, 7) is 12.4. The maximum absolute atomic E-state index is 8.36. The van der Waals surface area contributed by atoms with Gasteiger partial charge in [-0.05, 0) is 13.3 Å². The minimum atomic E-state index is -0.116. The van der Waals surface area contributed by atoms with Crippen molar-refractivity contribution in [1.82, 2.24) is 0 Å². The molecule has 0 saturated carbocycles. The summed E-state index contributed by atoms with van der Waals surface area (Å²) in [6.07, 6.45) is 6.02. The van der Waals surface area contributed by atoms with Gasteiger partial charge < -0.3 is 17.5 Å². The van der Waals surface area contributed by atoms with Gasteiger partial charge in [-0.25, -0.2) is 0 Å². The van der Waals surface area contributed by atoms with Crippen LogP contribution in [0.25, 0.3) is 0 Å². The van der Waals surface area contributed by atoms with Crippen LogP contribution in [0.3, 0.4) is 0 Å². The fraction of sp³-hybridized carbons (Fsp3) is 1.00. The SMILES string of the molecule is CCC(C)O.CCCC.CCCC.[Cl-].[Sn]. The third-order valence-electron chi connectivity index (χ3n) is 1.59. The molecule has 1 atom stereocenters. The first-order valence-corrected chi connectivity index (χ1v) is 5.78. The number of aliphatic hydroxyl groups is 1. The van der Waals surface area contributed by atoms with Crippen LogP contribution < -0.4 is 12.4 Å². The number of hydrogen-bond acceptors (Lipinski definition) is 1. The van der Waals surface area contributed by atoms with Gasteiger partial charge in [-0.15, -0.1) is 0 Å². The van der Waals surface area contributed by atoms with E-state index in [0.29, 0.717) is 0 Å². The van der Waals surface area contributed by atoms with E-state index in [1.165, 1.54) is 25.7 Å². The summed E-state index contributed by atoms with van der Waals surface area (Å²) in [5.41, 5.74) is 0. The van der Waals surface area contributed by atoms with Crippen LogP contribution in [0.2, 0.25) is 0 Å². The van der Waals surface area contributed by atoms with Crippen LogP contribution in [0.5, 0.6) is 0 Å². The molecule has 0 spiro atoms. The predicted octanol–water partition coefficient (Wildman–Crippen LogP) is 1.01. The zero-order valence-corrected chi connectivity index (χ0v) is 15.0. The van der Waals surface area contributed by atoms with E-state index < -0.39 is 0 Å². The first-order valence-electron chi connectivity index (χ1n) is 5.78. The first kappa shape index (κ1) is 29.8. The average molecular weight is 345 g/mol. The van der Waals surface area contributed by atoms with Crippen molar-refractivity contribution in [1.29, 1.82) is 0 Å². The van der Waals surface area contributed by atoms with Crippen molar-refractivity contribution in [2.75, 3.05) is 0 Å². The summed E-state index contributed by atoms with van der Waals surface area (Å²) in [5, 5.41) is 8.36. The van der Waals surface area contributed by atoms with Crippen molar-refractivity contribution < 1.29 is 17.5 Å².